The third-order valence-corrected chi connectivity index (χ3v) is 4.30. The normalized spacial score (nSPS) is 19.4. The first-order valence-electron chi connectivity index (χ1n) is 8.03. The van der Waals surface area contributed by atoms with Gasteiger partial charge in [0.25, 0.3) is 5.91 Å². The number of piperidine rings is 1. The van der Waals surface area contributed by atoms with Gasteiger partial charge in [-0.2, -0.15) is 0 Å². The average Bonchev–Trinajstić information content (AvgIpc) is 2.62. The minimum Gasteiger partial charge on any atom is -0.391 e. The third-order valence-electron chi connectivity index (χ3n) is 4.30. The molecule has 0 bridgehead atoms. The van der Waals surface area contributed by atoms with Crippen molar-refractivity contribution in [2.24, 2.45) is 0 Å². The second kappa shape index (κ2) is 6.87. The van der Waals surface area contributed by atoms with Crippen LogP contribution in [-0.4, -0.2) is 44.6 Å². The number of likely N-dealkylation sites (tertiary alicyclic amines) is 1. The average molecular weight is 311 g/mol. The highest BCUT2D eigenvalue weighted by atomic mass is 16.3. The Morgan fingerprint density at radius 2 is 1.91 bits per heavy atom. The first-order valence-corrected chi connectivity index (χ1v) is 8.03. The van der Waals surface area contributed by atoms with Crippen LogP contribution in [0, 0.1) is 0 Å². The molecular weight excluding hydrogens is 290 g/mol. The van der Waals surface area contributed by atoms with Crippen molar-refractivity contribution in [3.05, 3.63) is 48.3 Å². The number of carbonyl (C=O) groups excluding carboxylic acids is 1. The van der Waals surface area contributed by atoms with Crippen molar-refractivity contribution in [3.8, 4) is 11.4 Å². The summed E-state index contributed by atoms with van der Waals surface area (Å²) >= 11 is 0. The van der Waals surface area contributed by atoms with E-state index in [1.807, 2.05) is 30.3 Å². The number of aliphatic hydroxyl groups is 1. The number of carbonyl (C=O) groups is 1. The Hall–Kier alpha value is -2.27. The monoisotopic (exact) mass is 311 g/mol. The lowest BCUT2D eigenvalue weighted by molar-refractivity contribution is 0.0280. The number of benzene rings is 1. The zero-order chi connectivity index (χ0) is 16.2. The first-order chi connectivity index (χ1) is 11.2. The van der Waals surface area contributed by atoms with E-state index in [4.69, 9.17) is 0 Å². The molecule has 2 aromatic rings. The predicted octanol–water partition coefficient (Wildman–Crippen LogP) is 2.52. The molecule has 2 heterocycles. The number of aromatic nitrogens is 2. The summed E-state index contributed by atoms with van der Waals surface area (Å²) in [6, 6.07) is 9.55. The lowest BCUT2D eigenvalue weighted by Crippen LogP contribution is -2.48. The fourth-order valence-corrected chi connectivity index (χ4v) is 3.05. The quantitative estimate of drug-likeness (QED) is 0.946. The van der Waals surface area contributed by atoms with Gasteiger partial charge < -0.3 is 10.0 Å². The van der Waals surface area contributed by atoms with Crippen LogP contribution >= 0.6 is 0 Å². The van der Waals surface area contributed by atoms with Gasteiger partial charge in [0, 0.05) is 24.5 Å². The predicted molar refractivity (Wildman–Crippen MR) is 87.8 cm³/mol. The van der Waals surface area contributed by atoms with Crippen LogP contribution in [0.5, 0.6) is 0 Å². The van der Waals surface area contributed by atoms with Gasteiger partial charge in [-0.3, -0.25) is 4.79 Å². The maximum atomic E-state index is 12.7. The molecule has 0 saturated carbocycles. The van der Waals surface area contributed by atoms with E-state index in [0.717, 1.165) is 24.8 Å². The fraction of sp³-hybridized carbons (Fsp3) is 0.389. The maximum Gasteiger partial charge on any atom is 0.257 e. The van der Waals surface area contributed by atoms with Gasteiger partial charge in [0.2, 0.25) is 0 Å². The summed E-state index contributed by atoms with van der Waals surface area (Å²) in [5, 5.41) is 9.91. The third kappa shape index (κ3) is 3.40. The van der Waals surface area contributed by atoms with Crippen molar-refractivity contribution < 1.29 is 9.90 Å². The maximum absolute atomic E-state index is 12.7. The van der Waals surface area contributed by atoms with E-state index >= 15 is 0 Å². The highest BCUT2D eigenvalue weighted by molar-refractivity contribution is 5.94. The van der Waals surface area contributed by atoms with E-state index in [2.05, 4.69) is 9.97 Å². The van der Waals surface area contributed by atoms with Crippen LogP contribution < -0.4 is 0 Å². The lowest BCUT2D eigenvalue weighted by Gasteiger charge is -2.37. The molecule has 3 rings (SSSR count). The second-order valence-electron chi connectivity index (χ2n) is 5.96. The van der Waals surface area contributed by atoms with E-state index in [0.29, 0.717) is 17.9 Å². The van der Waals surface area contributed by atoms with E-state index in [1.54, 1.807) is 24.2 Å². The van der Waals surface area contributed by atoms with Gasteiger partial charge in [-0.05, 0) is 26.2 Å². The van der Waals surface area contributed by atoms with Crippen molar-refractivity contribution in [1.82, 2.24) is 14.9 Å². The van der Waals surface area contributed by atoms with Gasteiger partial charge in [0.1, 0.15) is 0 Å². The highest BCUT2D eigenvalue weighted by Crippen LogP contribution is 2.22. The standard InChI is InChI=1S/C18H21N3O2/c1-13(22)16-9-5-6-10-21(16)18(23)15-11-19-17(20-12-15)14-7-3-2-4-8-14/h2-4,7-8,11-13,16,22H,5-6,9-10H2,1H3. The highest BCUT2D eigenvalue weighted by Gasteiger charge is 2.30. The van der Waals surface area contributed by atoms with Crippen molar-refractivity contribution in [1.29, 1.82) is 0 Å². The number of amides is 1. The largest absolute Gasteiger partial charge is 0.391 e. The summed E-state index contributed by atoms with van der Waals surface area (Å²) in [5.74, 6) is 0.503. The summed E-state index contributed by atoms with van der Waals surface area (Å²) < 4.78 is 0. The zero-order valence-electron chi connectivity index (χ0n) is 13.2. The van der Waals surface area contributed by atoms with Gasteiger partial charge in [-0.1, -0.05) is 30.3 Å². The Kier molecular flexibility index (Phi) is 4.67. The Bertz CT molecular complexity index is 656. The van der Waals surface area contributed by atoms with Crippen LogP contribution in [0.2, 0.25) is 0 Å². The molecule has 0 radical (unpaired) electrons. The Labute approximate surface area is 136 Å². The molecule has 5 nitrogen and oxygen atoms in total. The zero-order valence-corrected chi connectivity index (χ0v) is 13.2. The summed E-state index contributed by atoms with van der Waals surface area (Å²) in [7, 11) is 0. The van der Waals surface area contributed by atoms with Gasteiger partial charge >= 0.3 is 0 Å². The fourth-order valence-electron chi connectivity index (χ4n) is 3.05. The van der Waals surface area contributed by atoms with Gasteiger partial charge in [-0.25, -0.2) is 9.97 Å². The van der Waals surface area contributed by atoms with Crippen molar-refractivity contribution in [2.45, 2.75) is 38.3 Å². The molecule has 120 valence electrons. The number of hydrogen-bond donors (Lipinski definition) is 1. The van der Waals surface area contributed by atoms with Crippen LogP contribution in [0.1, 0.15) is 36.5 Å². The van der Waals surface area contributed by atoms with Crippen LogP contribution in [0.25, 0.3) is 11.4 Å². The molecule has 1 aromatic heterocycles. The van der Waals surface area contributed by atoms with Crippen LogP contribution in [0.4, 0.5) is 0 Å². The molecule has 1 saturated heterocycles. The number of aliphatic hydroxyl groups excluding tert-OH is 1. The summed E-state index contributed by atoms with van der Waals surface area (Å²) in [6.07, 6.45) is 5.48. The van der Waals surface area contributed by atoms with Gasteiger partial charge in [0.15, 0.2) is 5.82 Å². The van der Waals surface area contributed by atoms with Gasteiger partial charge in [0.05, 0.1) is 17.7 Å². The molecule has 1 fully saturated rings. The Morgan fingerprint density at radius 3 is 2.57 bits per heavy atom. The molecule has 1 aliphatic rings. The van der Waals surface area contributed by atoms with Gasteiger partial charge in [-0.15, -0.1) is 0 Å². The Morgan fingerprint density at radius 1 is 1.22 bits per heavy atom. The second-order valence-corrected chi connectivity index (χ2v) is 5.96. The molecule has 1 N–H and O–H groups in total. The van der Waals surface area contributed by atoms with Crippen LogP contribution in [0.15, 0.2) is 42.7 Å². The molecule has 0 aliphatic carbocycles. The lowest BCUT2D eigenvalue weighted by atomic mass is 9.97. The molecule has 2 unspecified atom stereocenters. The minimum absolute atomic E-state index is 0.102. The molecule has 1 aliphatic heterocycles. The summed E-state index contributed by atoms with van der Waals surface area (Å²) in [5.41, 5.74) is 1.39. The SMILES string of the molecule is CC(O)C1CCCCN1C(=O)c1cnc(-c2ccccc2)nc1. The summed E-state index contributed by atoms with van der Waals surface area (Å²) in [4.78, 5) is 23.1. The van der Waals surface area contributed by atoms with Crippen molar-refractivity contribution >= 4 is 5.91 Å². The van der Waals surface area contributed by atoms with E-state index in [1.165, 1.54) is 0 Å². The molecule has 23 heavy (non-hydrogen) atoms. The number of hydrogen-bond acceptors (Lipinski definition) is 4. The van der Waals surface area contributed by atoms with Crippen LogP contribution in [0.3, 0.4) is 0 Å². The molecule has 1 amide bonds. The number of rotatable bonds is 3. The van der Waals surface area contributed by atoms with Crippen LogP contribution in [-0.2, 0) is 0 Å². The van der Waals surface area contributed by atoms with E-state index in [-0.39, 0.29) is 11.9 Å². The van der Waals surface area contributed by atoms with E-state index < -0.39 is 6.10 Å². The van der Waals surface area contributed by atoms with E-state index in [9.17, 15) is 9.90 Å². The summed E-state index contributed by atoms with van der Waals surface area (Å²) in [6.45, 7) is 2.42. The molecule has 1 aromatic carbocycles. The molecule has 2 atom stereocenters. The molecule has 5 heteroatoms. The topological polar surface area (TPSA) is 66.3 Å². The number of nitrogens with zero attached hydrogens (tertiary/aromatic N) is 3. The molecular formula is C18H21N3O2. The minimum atomic E-state index is -0.524. The van der Waals surface area contributed by atoms with Crippen molar-refractivity contribution in [3.63, 3.8) is 0 Å². The van der Waals surface area contributed by atoms with Crippen molar-refractivity contribution in [2.75, 3.05) is 6.54 Å². The smallest absolute Gasteiger partial charge is 0.257 e. The first kappa shape index (κ1) is 15.6. The Balaban J connectivity index is 1.80. The molecule has 0 spiro atoms.